The molecule has 1 atom stereocenters. The van der Waals surface area contributed by atoms with Crippen LogP contribution in [0.4, 0.5) is 30.4 Å². The molecule has 8 heteroatoms. The number of alkyl halides is 3. The van der Waals surface area contributed by atoms with Crippen LogP contribution in [-0.2, 0) is 12.6 Å². The highest BCUT2D eigenvalue weighted by atomic mass is 19.4. The molecule has 1 unspecified atom stereocenters. The SMILES string of the molecule is CC1Cc2ccccc2N1C(=O)c1cnc(Nc2cccc(C(F)(F)F)c2)cn1. The highest BCUT2D eigenvalue weighted by molar-refractivity contribution is 6.06. The summed E-state index contributed by atoms with van der Waals surface area (Å²) < 4.78 is 38.5. The van der Waals surface area contributed by atoms with Gasteiger partial charge in [0.05, 0.1) is 18.0 Å². The molecular formula is C21H17F3N4O. The van der Waals surface area contributed by atoms with Gasteiger partial charge in [-0.25, -0.2) is 9.97 Å². The second kappa shape index (κ2) is 7.20. The molecule has 29 heavy (non-hydrogen) atoms. The second-order valence-electron chi connectivity index (χ2n) is 6.85. The Kier molecular flexibility index (Phi) is 4.70. The normalized spacial score (nSPS) is 15.9. The Hall–Kier alpha value is -3.42. The van der Waals surface area contributed by atoms with Crippen LogP contribution in [0.1, 0.15) is 28.5 Å². The third kappa shape index (κ3) is 3.78. The average Bonchev–Trinajstić information content (AvgIpc) is 3.03. The van der Waals surface area contributed by atoms with E-state index in [-0.39, 0.29) is 29.1 Å². The smallest absolute Gasteiger partial charge is 0.339 e. The highest BCUT2D eigenvalue weighted by Gasteiger charge is 2.32. The van der Waals surface area contributed by atoms with Crippen molar-refractivity contribution in [2.24, 2.45) is 0 Å². The Morgan fingerprint density at radius 2 is 1.90 bits per heavy atom. The Morgan fingerprint density at radius 3 is 2.62 bits per heavy atom. The fraction of sp³-hybridized carbons (Fsp3) is 0.190. The Morgan fingerprint density at radius 1 is 1.10 bits per heavy atom. The maximum Gasteiger partial charge on any atom is 0.416 e. The number of para-hydroxylation sites is 1. The lowest BCUT2D eigenvalue weighted by atomic mass is 10.1. The van der Waals surface area contributed by atoms with E-state index < -0.39 is 11.7 Å². The van der Waals surface area contributed by atoms with Gasteiger partial charge in [0.1, 0.15) is 11.5 Å². The quantitative estimate of drug-likeness (QED) is 0.687. The number of halogens is 3. The van der Waals surface area contributed by atoms with Crippen LogP contribution in [0.5, 0.6) is 0 Å². The van der Waals surface area contributed by atoms with Gasteiger partial charge in [0.15, 0.2) is 0 Å². The minimum absolute atomic E-state index is 0.00427. The van der Waals surface area contributed by atoms with Crippen molar-refractivity contribution in [2.45, 2.75) is 25.6 Å². The first-order valence-electron chi connectivity index (χ1n) is 9.01. The van der Waals surface area contributed by atoms with E-state index in [0.29, 0.717) is 0 Å². The molecule has 0 bridgehead atoms. The van der Waals surface area contributed by atoms with Crippen molar-refractivity contribution in [3.05, 3.63) is 77.7 Å². The fourth-order valence-electron chi connectivity index (χ4n) is 3.42. The van der Waals surface area contributed by atoms with Gasteiger partial charge in [0.25, 0.3) is 5.91 Å². The molecule has 0 radical (unpaired) electrons. The molecule has 0 saturated heterocycles. The van der Waals surface area contributed by atoms with Crippen molar-refractivity contribution >= 4 is 23.1 Å². The number of rotatable bonds is 3. The zero-order valence-electron chi connectivity index (χ0n) is 15.4. The van der Waals surface area contributed by atoms with E-state index >= 15 is 0 Å². The minimum Gasteiger partial charge on any atom is -0.339 e. The molecule has 2 aromatic carbocycles. The number of hydrogen-bond donors (Lipinski definition) is 1. The number of nitrogens with one attached hydrogen (secondary N) is 1. The van der Waals surface area contributed by atoms with Crippen LogP contribution in [0.3, 0.4) is 0 Å². The van der Waals surface area contributed by atoms with Gasteiger partial charge >= 0.3 is 6.18 Å². The van der Waals surface area contributed by atoms with Crippen molar-refractivity contribution < 1.29 is 18.0 Å². The molecule has 1 N–H and O–H groups in total. The number of hydrogen-bond acceptors (Lipinski definition) is 4. The molecule has 1 aromatic heterocycles. The molecule has 148 valence electrons. The molecular weight excluding hydrogens is 381 g/mol. The largest absolute Gasteiger partial charge is 0.416 e. The van der Waals surface area contributed by atoms with Crippen LogP contribution in [-0.4, -0.2) is 21.9 Å². The first kappa shape index (κ1) is 18.9. The van der Waals surface area contributed by atoms with E-state index in [1.54, 1.807) is 4.90 Å². The maximum absolute atomic E-state index is 12.9. The van der Waals surface area contributed by atoms with E-state index in [2.05, 4.69) is 15.3 Å². The fourth-order valence-corrected chi connectivity index (χ4v) is 3.42. The summed E-state index contributed by atoms with van der Waals surface area (Å²) in [5.41, 5.74) is 1.60. The lowest BCUT2D eigenvalue weighted by molar-refractivity contribution is -0.137. The Labute approximate surface area is 165 Å². The molecule has 5 nitrogen and oxygen atoms in total. The number of fused-ring (bicyclic) bond motifs is 1. The molecule has 1 amide bonds. The summed E-state index contributed by atoms with van der Waals surface area (Å²) in [6, 6.07) is 12.5. The molecule has 0 saturated carbocycles. The van der Waals surface area contributed by atoms with Crippen molar-refractivity contribution in [3.8, 4) is 0 Å². The lowest BCUT2D eigenvalue weighted by Crippen LogP contribution is -2.36. The number of carbonyl (C=O) groups excluding carboxylic acids is 1. The lowest BCUT2D eigenvalue weighted by Gasteiger charge is -2.22. The first-order valence-corrected chi connectivity index (χ1v) is 9.01. The summed E-state index contributed by atoms with van der Waals surface area (Å²) >= 11 is 0. The van der Waals surface area contributed by atoms with Crippen LogP contribution in [0, 0.1) is 0 Å². The zero-order valence-corrected chi connectivity index (χ0v) is 15.4. The van der Waals surface area contributed by atoms with Crippen LogP contribution < -0.4 is 10.2 Å². The monoisotopic (exact) mass is 398 g/mol. The summed E-state index contributed by atoms with van der Waals surface area (Å²) in [7, 11) is 0. The number of carbonyl (C=O) groups is 1. The van der Waals surface area contributed by atoms with Crippen LogP contribution in [0.25, 0.3) is 0 Å². The number of benzene rings is 2. The van der Waals surface area contributed by atoms with Gasteiger partial charge < -0.3 is 10.2 Å². The van der Waals surface area contributed by atoms with Gasteiger partial charge in [-0.3, -0.25) is 4.79 Å². The topological polar surface area (TPSA) is 58.1 Å². The molecule has 0 spiro atoms. The van der Waals surface area contributed by atoms with Gasteiger partial charge in [0.2, 0.25) is 0 Å². The number of nitrogens with zero attached hydrogens (tertiary/aromatic N) is 3. The van der Waals surface area contributed by atoms with E-state index in [9.17, 15) is 18.0 Å². The Bertz CT molecular complexity index is 1050. The summed E-state index contributed by atoms with van der Waals surface area (Å²) in [5.74, 6) is -0.0173. The van der Waals surface area contributed by atoms with Crippen LogP contribution in [0.15, 0.2) is 60.9 Å². The van der Waals surface area contributed by atoms with E-state index in [1.165, 1.54) is 24.5 Å². The summed E-state index contributed by atoms with van der Waals surface area (Å²) in [5, 5.41) is 2.78. The molecule has 0 aliphatic carbocycles. The van der Waals surface area contributed by atoms with Gasteiger partial charge in [-0.1, -0.05) is 24.3 Å². The number of aromatic nitrogens is 2. The molecule has 4 rings (SSSR count). The van der Waals surface area contributed by atoms with Crippen molar-refractivity contribution in [2.75, 3.05) is 10.2 Å². The van der Waals surface area contributed by atoms with Gasteiger partial charge in [-0.15, -0.1) is 0 Å². The van der Waals surface area contributed by atoms with Gasteiger partial charge in [0, 0.05) is 17.4 Å². The first-order chi connectivity index (χ1) is 13.8. The zero-order chi connectivity index (χ0) is 20.6. The molecule has 1 aliphatic rings. The molecule has 0 fully saturated rings. The predicted octanol–water partition coefficient (Wildman–Crippen LogP) is 4.83. The third-order valence-corrected chi connectivity index (χ3v) is 4.76. The molecule has 2 heterocycles. The van der Waals surface area contributed by atoms with Crippen LogP contribution >= 0.6 is 0 Å². The summed E-state index contributed by atoms with van der Waals surface area (Å²) in [6.07, 6.45) is -1.00. The highest BCUT2D eigenvalue weighted by Crippen LogP contribution is 2.33. The standard InChI is InChI=1S/C21H17F3N4O/c1-13-9-14-5-2-3-8-18(14)28(13)20(29)17-11-26-19(12-25-17)27-16-7-4-6-15(10-16)21(22,23)24/h2-8,10-13H,9H2,1H3,(H,26,27). The van der Waals surface area contributed by atoms with Gasteiger partial charge in [-0.05, 0) is 43.2 Å². The van der Waals surface area contributed by atoms with Crippen molar-refractivity contribution in [1.29, 1.82) is 0 Å². The maximum atomic E-state index is 12.9. The summed E-state index contributed by atoms with van der Waals surface area (Å²) in [4.78, 5) is 22.9. The molecule has 1 aliphatic heterocycles. The van der Waals surface area contributed by atoms with Crippen molar-refractivity contribution in [3.63, 3.8) is 0 Å². The van der Waals surface area contributed by atoms with E-state index in [0.717, 1.165) is 29.8 Å². The minimum atomic E-state index is -4.43. The number of amides is 1. The van der Waals surface area contributed by atoms with E-state index in [1.807, 2.05) is 31.2 Å². The van der Waals surface area contributed by atoms with E-state index in [4.69, 9.17) is 0 Å². The van der Waals surface area contributed by atoms with Crippen molar-refractivity contribution in [1.82, 2.24) is 9.97 Å². The summed E-state index contributed by atoms with van der Waals surface area (Å²) in [6.45, 7) is 1.97. The second-order valence-corrected chi connectivity index (χ2v) is 6.85. The van der Waals surface area contributed by atoms with Crippen LogP contribution in [0.2, 0.25) is 0 Å². The number of anilines is 3. The van der Waals surface area contributed by atoms with Gasteiger partial charge in [-0.2, -0.15) is 13.2 Å². The Balaban J connectivity index is 1.52. The molecule has 3 aromatic rings. The predicted molar refractivity (Wildman–Crippen MR) is 103 cm³/mol. The third-order valence-electron chi connectivity index (χ3n) is 4.76. The average molecular weight is 398 g/mol.